The van der Waals surface area contributed by atoms with E-state index < -0.39 is 0 Å². The predicted octanol–water partition coefficient (Wildman–Crippen LogP) is 22.8. The lowest BCUT2D eigenvalue weighted by atomic mass is 9.78. The molecular formula is C82H86N4. The average molecular weight is 1130 g/mol. The second-order valence-electron chi connectivity index (χ2n) is 30.7. The summed E-state index contributed by atoms with van der Waals surface area (Å²) < 4.78 is 0. The molecule has 8 bridgehead atoms. The number of hydrogen-bond donors (Lipinski definition) is 2. The van der Waals surface area contributed by atoms with Crippen LogP contribution in [0, 0.1) is 0 Å². The molecule has 2 N–H and O–H groups in total. The molecule has 0 atom stereocenters. The Hall–Kier alpha value is -8.34. The summed E-state index contributed by atoms with van der Waals surface area (Å²) in [5.41, 5.74) is 25.3. The van der Waals surface area contributed by atoms with Gasteiger partial charge in [0.2, 0.25) is 0 Å². The highest BCUT2D eigenvalue weighted by Crippen LogP contribution is 2.45. The minimum Gasteiger partial charge on any atom is -0.354 e. The number of aromatic nitrogens is 4. The monoisotopic (exact) mass is 1130 g/mol. The molecule has 0 radical (unpaired) electrons. The lowest BCUT2D eigenvalue weighted by Gasteiger charge is -2.26. The van der Waals surface area contributed by atoms with Gasteiger partial charge in [-0.25, -0.2) is 9.97 Å². The maximum atomic E-state index is 5.95. The first kappa shape index (κ1) is 58.1. The van der Waals surface area contributed by atoms with E-state index in [0.717, 1.165) is 100 Å². The molecule has 0 saturated heterocycles. The fourth-order valence-corrected chi connectivity index (χ4v) is 12.3. The number of aromatic amines is 2. The van der Waals surface area contributed by atoms with E-state index >= 15 is 0 Å². The van der Waals surface area contributed by atoms with E-state index in [9.17, 15) is 0 Å². The summed E-state index contributed by atoms with van der Waals surface area (Å²) in [5, 5.41) is 4.77. The number of rotatable bonds is 5. The van der Waals surface area contributed by atoms with Crippen molar-refractivity contribution in [3.63, 3.8) is 0 Å². The smallest absolute Gasteiger partial charge is 0.0743 e. The predicted molar refractivity (Wildman–Crippen MR) is 372 cm³/mol. The van der Waals surface area contributed by atoms with Gasteiger partial charge in [-0.1, -0.05) is 252 Å². The zero-order valence-corrected chi connectivity index (χ0v) is 54.2. The largest absolute Gasteiger partial charge is 0.354 e. The summed E-state index contributed by atoms with van der Waals surface area (Å²) >= 11 is 0. The van der Waals surface area contributed by atoms with Crippen molar-refractivity contribution in [3.8, 4) is 44.5 Å². The molecule has 2 aliphatic heterocycles. The molecule has 434 valence electrons. The number of benzene rings is 7. The Balaban J connectivity index is 1.32. The summed E-state index contributed by atoms with van der Waals surface area (Å²) in [6, 6.07) is 62.1. The number of nitrogens with one attached hydrogen (secondary N) is 2. The Morgan fingerprint density at radius 2 is 0.640 bits per heavy atom. The first-order chi connectivity index (χ1) is 40.3. The Bertz CT molecular complexity index is 4520. The molecular weight excluding hydrogens is 1040 g/mol. The average Bonchev–Trinajstić information content (AvgIpc) is 3.13. The van der Waals surface area contributed by atoms with Crippen LogP contribution in [0.15, 0.2) is 164 Å². The standard InChI is InChI=1S/C82H86N4/c1-77(2,3)58-37-55(38-59(43-58)78(4,5)6)74-66-31-33-68(83-66)75(56-39-60(79(7,8)9)44-61(40-56)80(10,11)12)72-46-64(53-29-27-49-23-19-21-25-51(49)35-53)70(85-72)48-71-65(54-30-28-50-24-20-22-26-52(50)36-54)47-73(86-71)76(69-34-32-67(74)84-69)57-41-62(81(13,14)15)45-63(42-57)82(16,17)18/h19-48,83,86H,1-18H3. The second-order valence-corrected chi connectivity index (χ2v) is 30.7. The van der Waals surface area contributed by atoms with Crippen LogP contribution in [-0.4, -0.2) is 19.9 Å². The Morgan fingerprint density at radius 1 is 0.279 bits per heavy atom. The van der Waals surface area contributed by atoms with E-state index in [0.29, 0.717) is 0 Å². The van der Waals surface area contributed by atoms with Crippen LogP contribution in [0.25, 0.3) is 112 Å². The SMILES string of the molecule is CC(C)(C)c1cc(-c2c3nc(c(-c4cc(C(C)(C)C)cc(C(C)(C)C)c4)c4ccc([nH]4)c(-c4cc(C(C)(C)C)cc(C(C)(C)C)c4)c4nc(cc5[nH]c2cc5-c2ccc5ccccc5c2)C(c2ccc5ccccc5c2)=C4)C=C3)cc(C(C)(C)C)c1. The van der Waals surface area contributed by atoms with Gasteiger partial charge in [0.25, 0.3) is 0 Å². The van der Waals surface area contributed by atoms with Crippen molar-refractivity contribution >= 4 is 67.4 Å². The van der Waals surface area contributed by atoms with Crippen LogP contribution in [0.3, 0.4) is 0 Å². The van der Waals surface area contributed by atoms with Crippen molar-refractivity contribution in [2.45, 2.75) is 157 Å². The highest BCUT2D eigenvalue weighted by molar-refractivity contribution is 6.04. The molecule has 4 nitrogen and oxygen atoms in total. The maximum absolute atomic E-state index is 5.95. The fourth-order valence-electron chi connectivity index (χ4n) is 12.3. The second kappa shape index (κ2) is 20.7. The van der Waals surface area contributed by atoms with Crippen LogP contribution in [0.5, 0.6) is 0 Å². The molecule has 86 heavy (non-hydrogen) atoms. The van der Waals surface area contributed by atoms with Gasteiger partial charge in [0.15, 0.2) is 0 Å². The molecule has 3 aromatic heterocycles. The van der Waals surface area contributed by atoms with Crippen LogP contribution >= 0.6 is 0 Å². The molecule has 12 rings (SSSR count). The van der Waals surface area contributed by atoms with Gasteiger partial charge in [0, 0.05) is 49.9 Å². The molecule has 0 aliphatic carbocycles. The summed E-state index contributed by atoms with van der Waals surface area (Å²) in [7, 11) is 0. The van der Waals surface area contributed by atoms with Gasteiger partial charge in [-0.3, -0.25) is 0 Å². The zero-order valence-electron chi connectivity index (χ0n) is 54.2. The number of H-pyrrole nitrogens is 2. The minimum atomic E-state index is -0.127. The molecule has 0 fully saturated rings. The van der Waals surface area contributed by atoms with E-state index in [4.69, 9.17) is 9.97 Å². The van der Waals surface area contributed by atoms with E-state index in [1.807, 2.05) is 0 Å². The van der Waals surface area contributed by atoms with Crippen molar-refractivity contribution < 1.29 is 0 Å². The van der Waals surface area contributed by atoms with Crippen molar-refractivity contribution in [2.24, 2.45) is 0 Å². The molecule has 0 unspecified atom stereocenters. The van der Waals surface area contributed by atoms with E-state index in [-0.39, 0.29) is 32.5 Å². The Morgan fingerprint density at radius 3 is 1.06 bits per heavy atom. The third kappa shape index (κ3) is 11.2. The normalized spacial score (nSPS) is 13.5. The topological polar surface area (TPSA) is 57.4 Å². The highest BCUT2D eigenvalue weighted by Gasteiger charge is 2.29. The summed E-state index contributed by atoms with van der Waals surface area (Å²) in [5.74, 6) is 0. The van der Waals surface area contributed by atoms with Gasteiger partial charge in [-0.15, -0.1) is 0 Å². The van der Waals surface area contributed by atoms with Crippen LogP contribution < -0.4 is 0 Å². The fraction of sp³-hybridized carbons (Fsp3) is 0.293. The highest BCUT2D eigenvalue weighted by atomic mass is 14.8. The van der Waals surface area contributed by atoms with E-state index in [2.05, 4.69) is 317 Å². The molecule has 0 spiro atoms. The van der Waals surface area contributed by atoms with E-state index in [1.54, 1.807) is 0 Å². The molecule has 7 aromatic carbocycles. The number of nitrogens with zero attached hydrogens (tertiary/aromatic N) is 2. The minimum absolute atomic E-state index is 0.122. The molecule has 0 amide bonds. The van der Waals surface area contributed by atoms with Crippen molar-refractivity contribution in [2.75, 3.05) is 0 Å². The third-order valence-electron chi connectivity index (χ3n) is 17.8. The van der Waals surface area contributed by atoms with E-state index in [1.165, 1.54) is 54.9 Å². The molecule has 0 saturated carbocycles. The Labute approximate surface area is 511 Å². The number of fused-ring (bicyclic) bond motifs is 10. The first-order valence-corrected chi connectivity index (χ1v) is 31.0. The molecule has 2 aliphatic rings. The summed E-state index contributed by atoms with van der Waals surface area (Å²) in [6.45, 7) is 41.9. The van der Waals surface area contributed by atoms with Gasteiger partial charge in [0.1, 0.15) is 0 Å². The lowest BCUT2D eigenvalue weighted by molar-refractivity contribution is 0.568. The lowest BCUT2D eigenvalue weighted by Crippen LogP contribution is -2.16. The Kier molecular flexibility index (Phi) is 14.0. The maximum Gasteiger partial charge on any atom is 0.0743 e. The van der Waals surface area contributed by atoms with Crippen molar-refractivity contribution in [1.82, 2.24) is 19.9 Å². The van der Waals surface area contributed by atoms with Crippen LogP contribution in [-0.2, 0) is 32.5 Å². The zero-order chi connectivity index (χ0) is 61.2. The number of hydrogen-bond acceptors (Lipinski definition) is 2. The van der Waals surface area contributed by atoms with Crippen molar-refractivity contribution in [3.05, 3.63) is 226 Å². The van der Waals surface area contributed by atoms with Crippen LogP contribution in [0.4, 0.5) is 0 Å². The van der Waals surface area contributed by atoms with Gasteiger partial charge in [-0.2, -0.15) is 0 Å². The molecule has 5 heterocycles. The van der Waals surface area contributed by atoms with Gasteiger partial charge in [0.05, 0.1) is 22.8 Å². The third-order valence-corrected chi connectivity index (χ3v) is 17.8. The van der Waals surface area contributed by atoms with Gasteiger partial charge >= 0.3 is 0 Å². The molecule has 10 aromatic rings. The quantitative estimate of drug-likeness (QED) is 0.180. The van der Waals surface area contributed by atoms with Crippen molar-refractivity contribution in [1.29, 1.82) is 0 Å². The summed E-state index contributed by atoms with van der Waals surface area (Å²) in [4.78, 5) is 20.2. The van der Waals surface area contributed by atoms with Crippen LogP contribution in [0.1, 0.15) is 186 Å². The summed E-state index contributed by atoms with van der Waals surface area (Å²) in [6.07, 6.45) is 6.87. The van der Waals surface area contributed by atoms with Gasteiger partial charge in [-0.05, 0) is 170 Å². The molecule has 4 heteroatoms. The van der Waals surface area contributed by atoms with Gasteiger partial charge < -0.3 is 9.97 Å². The van der Waals surface area contributed by atoms with Crippen LogP contribution in [0.2, 0.25) is 0 Å². The first-order valence-electron chi connectivity index (χ1n) is 31.0.